The fraction of sp³-hybridized carbons (Fsp3) is 0.105. The van der Waals surface area contributed by atoms with Crippen LogP contribution in [-0.2, 0) is 11.3 Å². The number of halogens is 1. The number of non-ortho nitro benzene ring substituents is 1. The number of rotatable bonds is 6. The average Bonchev–Trinajstić information content (AvgIpc) is 3.15. The standard InChI is InChI=1S/C19H16FN5O3/c1-13(14-4-8-17(9-5-14)25(27)28)22-23-19(26)11-24-10-18(21-12-24)15-2-6-16(20)7-3-15/h2-10,12H,11H2,1H3,(H,23,26)/b22-13-. The third-order valence-electron chi connectivity index (χ3n) is 3.94. The highest BCUT2D eigenvalue weighted by Gasteiger charge is 2.08. The highest BCUT2D eigenvalue weighted by atomic mass is 19.1. The lowest BCUT2D eigenvalue weighted by Gasteiger charge is -2.03. The van der Waals surface area contributed by atoms with Gasteiger partial charge in [-0.25, -0.2) is 14.8 Å². The van der Waals surface area contributed by atoms with Gasteiger partial charge in [0.25, 0.3) is 11.6 Å². The number of carbonyl (C=O) groups is 1. The van der Waals surface area contributed by atoms with Crippen molar-refractivity contribution in [2.45, 2.75) is 13.5 Å². The number of carbonyl (C=O) groups excluding carboxylic acids is 1. The maximum absolute atomic E-state index is 13.0. The summed E-state index contributed by atoms with van der Waals surface area (Å²) in [5.74, 6) is -0.687. The molecule has 1 amide bonds. The number of hydrazone groups is 1. The molecule has 0 saturated heterocycles. The second-order valence-corrected chi connectivity index (χ2v) is 5.97. The third kappa shape index (κ3) is 4.64. The fourth-order valence-corrected chi connectivity index (χ4v) is 2.45. The lowest BCUT2D eigenvalue weighted by atomic mass is 10.1. The molecule has 2 aromatic carbocycles. The molecule has 1 N–H and O–H groups in total. The molecule has 0 radical (unpaired) electrons. The molecule has 0 aliphatic heterocycles. The Morgan fingerprint density at radius 1 is 1.21 bits per heavy atom. The number of benzene rings is 2. The van der Waals surface area contributed by atoms with Gasteiger partial charge in [-0.2, -0.15) is 5.10 Å². The largest absolute Gasteiger partial charge is 0.327 e. The second kappa shape index (κ2) is 8.21. The molecule has 0 aliphatic carbocycles. The van der Waals surface area contributed by atoms with Crippen LogP contribution in [0.3, 0.4) is 0 Å². The van der Waals surface area contributed by atoms with E-state index in [4.69, 9.17) is 0 Å². The van der Waals surface area contributed by atoms with Crippen molar-refractivity contribution in [1.29, 1.82) is 0 Å². The molecule has 0 spiro atoms. The molecule has 0 saturated carbocycles. The third-order valence-corrected chi connectivity index (χ3v) is 3.94. The fourth-order valence-electron chi connectivity index (χ4n) is 2.45. The van der Waals surface area contributed by atoms with Crippen molar-refractivity contribution < 1.29 is 14.1 Å². The monoisotopic (exact) mass is 381 g/mol. The van der Waals surface area contributed by atoms with Gasteiger partial charge in [0.15, 0.2) is 0 Å². The molecule has 0 fully saturated rings. The SMILES string of the molecule is C/C(=N/NC(=O)Cn1cnc(-c2ccc(F)cc2)c1)c1ccc([N+](=O)[O-])cc1. The number of nitro groups is 1. The quantitative estimate of drug-likeness (QED) is 0.402. The lowest BCUT2D eigenvalue weighted by Crippen LogP contribution is -2.23. The smallest absolute Gasteiger partial charge is 0.269 e. The van der Waals surface area contributed by atoms with Gasteiger partial charge in [0, 0.05) is 23.9 Å². The number of hydrogen-bond acceptors (Lipinski definition) is 5. The minimum Gasteiger partial charge on any atom is -0.327 e. The normalized spacial score (nSPS) is 11.3. The molecule has 142 valence electrons. The number of imidazole rings is 1. The van der Waals surface area contributed by atoms with Crippen LogP contribution >= 0.6 is 0 Å². The summed E-state index contributed by atoms with van der Waals surface area (Å²) in [4.78, 5) is 26.5. The van der Waals surface area contributed by atoms with Gasteiger partial charge in [-0.05, 0) is 48.9 Å². The summed E-state index contributed by atoms with van der Waals surface area (Å²) in [6.45, 7) is 1.69. The van der Waals surface area contributed by atoms with Crippen molar-refractivity contribution in [2.75, 3.05) is 0 Å². The molecule has 0 unspecified atom stereocenters. The van der Waals surface area contributed by atoms with Crippen LogP contribution in [-0.4, -0.2) is 26.1 Å². The van der Waals surface area contributed by atoms with Crippen LogP contribution in [0.2, 0.25) is 0 Å². The van der Waals surface area contributed by atoms with E-state index in [-0.39, 0.29) is 24.0 Å². The molecule has 9 heteroatoms. The first-order valence-electron chi connectivity index (χ1n) is 8.28. The van der Waals surface area contributed by atoms with E-state index in [0.717, 1.165) is 5.56 Å². The molecular weight excluding hydrogens is 365 g/mol. The zero-order valence-corrected chi connectivity index (χ0v) is 14.9. The number of nitrogens with one attached hydrogen (secondary N) is 1. The van der Waals surface area contributed by atoms with Crippen LogP contribution in [0.15, 0.2) is 66.2 Å². The van der Waals surface area contributed by atoms with Gasteiger partial charge >= 0.3 is 0 Å². The Kier molecular flexibility index (Phi) is 5.54. The lowest BCUT2D eigenvalue weighted by molar-refractivity contribution is -0.384. The van der Waals surface area contributed by atoms with Crippen molar-refractivity contribution in [3.8, 4) is 11.3 Å². The van der Waals surface area contributed by atoms with Gasteiger partial charge < -0.3 is 4.57 Å². The van der Waals surface area contributed by atoms with Crippen LogP contribution in [0, 0.1) is 15.9 Å². The van der Waals surface area contributed by atoms with Gasteiger partial charge in [-0.1, -0.05) is 0 Å². The number of hydrogen-bond donors (Lipinski definition) is 1. The van der Waals surface area contributed by atoms with Crippen molar-refractivity contribution in [1.82, 2.24) is 15.0 Å². The van der Waals surface area contributed by atoms with E-state index >= 15 is 0 Å². The van der Waals surface area contributed by atoms with Gasteiger partial charge in [0.1, 0.15) is 12.4 Å². The zero-order valence-electron chi connectivity index (χ0n) is 14.9. The topological polar surface area (TPSA) is 102 Å². The number of aromatic nitrogens is 2. The molecule has 8 nitrogen and oxygen atoms in total. The predicted molar refractivity (Wildman–Crippen MR) is 101 cm³/mol. The molecule has 3 rings (SSSR count). The zero-order chi connectivity index (χ0) is 20.1. The molecule has 28 heavy (non-hydrogen) atoms. The van der Waals surface area contributed by atoms with Crippen molar-refractivity contribution in [3.05, 3.63) is 82.6 Å². The number of amides is 1. The summed E-state index contributed by atoms with van der Waals surface area (Å²) < 4.78 is 14.6. The van der Waals surface area contributed by atoms with Gasteiger partial charge in [-0.15, -0.1) is 0 Å². The maximum atomic E-state index is 13.0. The molecule has 0 aliphatic rings. The Hall–Kier alpha value is -3.88. The van der Waals surface area contributed by atoms with E-state index in [0.29, 0.717) is 17.0 Å². The second-order valence-electron chi connectivity index (χ2n) is 5.97. The molecule has 0 bridgehead atoms. The highest BCUT2D eigenvalue weighted by Crippen LogP contribution is 2.17. The Bertz CT molecular complexity index is 1030. The summed E-state index contributed by atoms with van der Waals surface area (Å²) >= 11 is 0. The van der Waals surface area contributed by atoms with E-state index in [2.05, 4.69) is 15.5 Å². The summed E-state index contributed by atoms with van der Waals surface area (Å²) in [6.07, 6.45) is 3.19. The Labute approximate surface area is 159 Å². The van der Waals surface area contributed by atoms with Crippen LogP contribution in [0.1, 0.15) is 12.5 Å². The Morgan fingerprint density at radius 3 is 2.54 bits per heavy atom. The Balaban J connectivity index is 1.60. The van der Waals surface area contributed by atoms with Crippen LogP contribution in [0.25, 0.3) is 11.3 Å². The minimum atomic E-state index is -0.483. The highest BCUT2D eigenvalue weighted by molar-refractivity contribution is 5.99. The van der Waals surface area contributed by atoms with E-state index < -0.39 is 4.92 Å². The van der Waals surface area contributed by atoms with Crippen molar-refractivity contribution >= 4 is 17.3 Å². The molecule has 3 aromatic rings. The van der Waals surface area contributed by atoms with E-state index in [1.807, 2.05) is 0 Å². The first-order chi connectivity index (χ1) is 13.4. The van der Waals surface area contributed by atoms with Gasteiger partial charge in [0.05, 0.1) is 22.7 Å². The first kappa shape index (κ1) is 18.9. The summed E-state index contributed by atoms with van der Waals surface area (Å²) in [7, 11) is 0. The van der Waals surface area contributed by atoms with Gasteiger partial charge in [0.2, 0.25) is 0 Å². The first-order valence-corrected chi connectivity index (χ1v) is 8.28. The van der Waals surface area contributed by atoms with Crippen molar-refractivity contribution in [2.24, 2.45) is 5.10 Å². The summed E-state index contributed by atoms with van der Waals surface area (Å²) in [5, 5.41) is 14.7. The molecule has 1 heterocycles. The number of nitro benzene ring substituents is 1. The van der Waals surface area contributed by atoms with Crippen LogP contribution in [0.5, 0.6) is 0 Å². The minimum absolute atomic E-state index is 0.00519. The van der Waals surface area contributed by atoms with Crippen molar-refractivity contribution in [3.63, 3.8) is 0 Å². The molecule has 1 aromatic heterocycles. The molecular formula is C19H16FN5O3. The Morgan fingerprint density at radius 2 is 1.89 bits per heavy atom. The van der Waals surface area contributed by atoms with Crippen LogP contribution in [0.4, 0.5) is 10.1 Å². The van der Waals surface area contributed by atoms with E-state index in [1.54, 1.807) is 42.0 Å². The average molecular weight is 381 g/mol. The van der Waals surface area contributed by atoms with E-state index in [1.165, 1.54) is 30.6 Å². The molecule has 0 atom stereocenters. The summed E-state index contributed by atoms with van der Waals surface area (Å²) in [6, 6.07) is 11.8. The maximum Gasteiger partial charge on any atom is 0.269 e. The number of nitrogens with zero attached hydrogens (tertiary/aromatic N) is 4. The van der Waals surface area contributed by atoms with Gasteiger partial charge in [-0.3, -0.25) is 14.9 Å². The summed E-state index contributed by atoms with van der Waals surface area (Å²) in [5.41, 5.74) is 4.96. The predicted octanol–water partition coefficient (Wildman–Crippen LogP) is 3.14. The van der Waals surface area contributed by atoms with Crippen LogP contribution < -0.4 is 5.43 Å². The van der Waals surface area contributed by atoms with E-state index in [9.17, 15) is 19.3 Å².